The predicted octanol–water partition coefficient (Wildman–Crippen LogP) is 4.01. The summed E-state index contributed by atoms with van der Waals surface area (Å²) in [6, 6.07) is 8.76. The number of nitrogens with zero attached hydrogens (tertiary/aromatic N) is 2. The number of hydrogen-bond acceptors (Lipinski definition) is 3. The smallest absolute Gasteiger partial charge is 0.251 e. The number of pyridine rings is 1. The number of imidazole rings is 1. The molecule has 0 radical (unpaired) electrons. The molecule has 5 nitrogen and oxygen atoms in total. The van der Waals surface area contributed by atoms with Gasteiger partial charge in [0.1, 0.15) is 5.75 Å². The quantitative estimate of drug-likeness (QED) is 0.705. The van der Waals surface area contributed by atoms with Crippen molar-refractivity contribution in [2.24, 2.45) is 0 Å². The Labute approximate surface area is 155 Å². The molecule has 0 saturated heterocycles. The van der Waals surface area contributed by atoms with Crippen LogP contribution < -0.4 is 10.1 Å². The number of hydrogen-bond donors (Lipinski definition) is 1. The predicted molar refractivity (Wildman–Crippen MR) is 98.9 cm³/mol. The van der Waals surface area contributed by atoms with Gasteiger partial charge in [-0.05, 0) is 31.2 Å². The van der Waals surface area contributed by atoms with Crippen LogP contribution in [0.5, 0.6) is 5.75 Å². The summed E-state index contributed by atoms with van der Waals surface area (Å²) in [5, 5.41) is 3.93. The van der Waals surface area contributed by atoms with Gasteiger partial charge in [-0.3, -0.25) is 4.79 Å². The number of carbonyl (C=O) groups is 1. The fraction of sp³-hybridized carbons (Fsp3) is 0.222. The van der Waals surface area contributed by atoms with Crippen LogP contribution in [0.2, 0.25) is 10.0 Å². The monoisotopic (exact) mass is 377 g/mol. The molecule has 0 aliphatic rings. The number of amides is 1. The van der Waals surface area contributed by atoms with Crippen LogP contribution in [0, 0.1) is 0 Å². The van der Waals surface area contributed by atoms with Gasteiger partial charge < -0.3 is 14.5 Å². The standard InChI is InChI=1S/C18H17Cl2N3O2/c1-2-25-15-5-3-4-12(8-15)18(24)21-7-6-14-11-23-10-13(19)9-16(20)17(23)22-14/h3-5,8-11H,2,6-7H2,1H3,(H,21,24). The number of fused-ring (bicyclic) bond motifs is 1. The van der Waals surface area contributed by atoms with Crippen LogP contribution >= 0.6 is 23.2 Å². The summed E-state index contributed by atoms with van der Waals surface area (Å²) in [5.74, 6) is 0.536. The third kappa shape index (κ3) is 4.24. The average molecular weight is 378 g/mol. The Morgan fingerprint density at radius 2 is 2.12 bits per heavy atom. The first kappa shape index (κ1) is 17.6. The van der Waals surface area contributed by atoms with E-state index in [1.54, 1.807) is 34.9 Å². The first-order valence-electron chi connectivity index (χ1n) is 7.90. The highest BCUT2D eigenvalue weighted by Crippen LogP contribution is 2.21. The lowest BCUT2D eigenvalue weighted by molar-refractivity contribution is 0.0953. The minimum atomic E-state index is -0.147. The van der Waals surface area contributed by atoms with Gasteiger partial charge in [0.05, 0.1) is 22.3 Å². The Morgan fingerprint density at radius 3 is 2.92 bits per heavy atom. The Hall–Kier alpha value is -2.24. The van der Waals surface area contributed by atoms with Crippen molar-refractivity contribution in [2.75, 3.05) is 13.2 Å². The maximum absolute atomic E-state index is 12.2. The Kier molecular flexibility index (Phi) is 5.46. The molecule has 0 saturated carbocycles. The molecule has 1 aromatic carbocycles. The number of carbonyl (C=O) groups excluding carboxylic acids is 1. The normalized spacial score (nSPS) is 10.8. The van der Waals surface area contributed by atoms with E-state index in [0.29, 0.717) is 46.6 Å². The van der Waals surface area contributed by atoms with Crippen LogP contribution in [0.4, 0.5) is 0 Å². The van der Waals surface area contributed by atoms with Crippen molar-refractivity contribution in [1.29, 1.82) is 0 Å². The zero-order chi connectivity index (χ0) is 17.8. The van der Waals surface area contributed by atoms with E-state index in [0.717, 1.165) is 5.69 Å². The van der Waals surface area contributed by atoms with Crippen molar-refractivity contribution in [3.8, 4) is 5.75 Å². The summed E-state index contributed by atoms with van der Waals surface area (Å²) in [6.07, 6.45) is 4.19. The van der Waals surface area contributed by atoms with Crippen molar-refractivity contribution in [2.45, 2.75) is 13.3 Å². The van der Waals surface area contributed by atoms with Gasteiger partial charge in [-0.2, -0.15) is 0 Å². The third-order valence-corrected chi connectivity index (χ3v) is 4.08. The number of halogens is 2. The Bertz CT molecular complexity index is 908. The summed E-state index contributed by atoms with van der Waals surface area (Å²) in [5.41, 5.74) is 2.04. The van der Waals surface area contributed by atoms with Gasteiger partial charge in [0.2, 0.25) is 0 Å². The average Bonchev–Trinajstić information content (AvgIpc) is 2.98. The third-order valence-electron chi connectivity index (χ3n) is 3.60. The lowest BCUT2D eigenvalue weighted by atomic mass is 10.2. The highest BCUT2D eigenvalue weighted by atomic mass is 35.5. The van der Waals surface area contributed by atoms with Gasteiger partial charge >= 0.3 is 0 Å². The van der Waals surface area contributed by atoms with Crippen LogP contribution in [-0.4, -0.2) is 28.4 Å². The largest absolute Gasteiger partial charge is 0.494 e. The van der Waals surface area contributed by atoms with Crippen LogP contribution in [0.25, 0.3) is 5.65 Å². The van der Waals surface area contributed by atoms with E-state index in [1.165, 1.54) is 0 Å². The van der Waals surface area contributed by atoms with Crippen molar-refractivity contribution in [3.05, 3.63) is 64.0 Å². The molecular weight excluding hydrogens is 361 g/mol. The summed E-state index contributed by atoms with van der Waals surface area (Å²) in [7, 11) is 0. The molecule has 1 N–H and O–H groups in total. The van der Waals surface area contributed by atoms with Gasteiger partial charge in [-0.25, -0.2) is 4.98 Å². The van der Waals surface area contributed by atoms with E-state index >= 15 is 0 Å². The lowest BCUT2D eigenvalue weighted by Crippen LogP contribution is -2.25. The summed E-state index contributed by atoms with van der Waals surface area (Å²) in [4.78, 5) is 16.7. The zero-order valence-corrected chi connectivity index (χ0v) is 15.1. The number of benzene rings is 1. The highest BCUT2D eigenvalue weighted by Gasteiger charge is 2.09. The van der Waals surface area contributed by atoms with Crippen molar-refractivity contribution in [3.63, 3.8) is 0 Å². The molecule has 0 unspecified atom stereocenters. The van der Waals surface area contributed by atoms with Gasteiger partial charge in [0, 0.05) is 30.9 Å². The fourth-order valence-corrected chi connectivity index (χ4v) is 3.02. The minimum absolute atomic E-state index is 0.147. The minimum Gasteiger partial charge on any atom is -0.494 e. The number of ether oxygens (including phenoxy) is 1. The highest BCUT2D eigenvalue weighted by molar-refractivity contribution is 6.36. The molecule has 25 heavy (non-hydrogen) atoms. The van der Waals surface area contributed by atoms with E-state index in [2.05, 4.69) is 10.3 Å². The lowest BCUT2D eigenvalue weighted by Gasteiger charge is -2.07. The summed E-state index contributed by atoms with van der Waals surface area (Å²) < 4.78 is 7.19. The fourth-order valence-electron chi connectivity index (χ4n) is 2.50. The van der Waals surface area contributed by atoms with Gasteiger partial charge in [-0.15, -0.1) is 0 Å². The van der Waals surface area contributed by atoms with E-state index in [9.17, 15) is 4.79 Å². The number of aromatic nitrogens is 2. The molecule has 3 rings (SSSR count). The van der Waals surface area contributed by atoms with Gasteiger partial charge in [0.25, 0.3) is 5.91 Å². The summed E-state index contributed by atoms with van der Waals surface area (Å²) >= 11 is 12.1. The SMILES string of the molecule is CCOc1cccc(C(=O)NCCc2cn3cc(Cl)cc(Cl)c3n2)c1. The van der Waals surface area contributed by atoms with Crippen LogP contribution in [-0.2, 0) is 6.42 Å². The first-order chi connectivity index (χ1) is 12.1. The Morgan fingerprint density at radius 1 is 1.28 bits per heavy atom. The molecule has 1 amide bonds. The van der Waals surface area contributed by atoms with Crippen LogP contribution in [0.1, 0.15) is 23.0 Å². The maximum atomic E-state index is 12.2. The topological polar surface area (TPSA) is 55.6 Å². The van der Waals surface area contributed by atoms with E-state index in [4.69, 9.17) is 27.9 Å². The second-order valence-corrected chi connectivity index (χ2v) is 6.28. The van der Waals surface area contributed by atoms with Crippen molar-refractivity contribution in [1.82, 2.24) is 14.7 Å². The number of rotatable bonds is 6. The molecular formula is C18H17Cl2N3O2. The maximum Gasteiger partial charge on any atom is 0.251 e. The zero-order valence-electron chi connectivity index (χ0n) is 13.6. The number of nitrogens with one attached hydrogen (secondary N) is 1. The van der Waals surface area contributed by atoms with Crippen LogP contribution in [0.15, 0.2) is 42.7 Å². The molecule has 0 atom stereocenters. The van der Waals surface area contributed by atoms with Gasteiger partial charge in [0.15, 0.2) is 5.65 Å². The molecule has 2 aromatic heterocycles. The molecule has 0 aliphatic carbocycles. The molecule has 0 bridgehead atoms. The Balaban J connectivity index is 1.62. The van der Waals surface area contributed by atoms with Crippen LogP contribution in [0.3, 0.4) is 0 Å². The van der Waals surface area contributed by atoms with Crippen molar-refractivity contribution >= 4 is 34.8 Å². The van der Waals surface area contributed by atoms with E-state index in [1.807, 2.05) is 19.2 Å². The second-order valence-electron chi connectivity index (χ2n) is 5.44. The molecule has 130 valence electrons. The first-order valence-corrected chi connectivity index (χ1v) is 8.66. The molecule has 3 aromatic rings. The molecule has 7 heteroatoms. The van der Waals surface area contributed by atoms with Crippen molar-refractivity contribution < 1.29 is 9.53 Å². The van der Waals surface area contributed by atoms with Gasteiger partial charge in [-0.1, -0.05) is 29.3 Å². The summed E-state index contributed by atoms with van der Waals surface area (Å²) in [6.45, 7) is 2.93. The molecule has 0 spiro atoms. The van der Waals surface area contributed by atoms with E-state index in [-0.39, 0.29) is 5.91 Å². The second kappa shape index (κ2) is 7.76. The molecule has 0 fully saturated rings. The molecule has 2 heterocycles. The van der Waals surface area contributed by atoms with E-state index < -0.39 is 0 Å². The molecule has 0 aliphatic heterocycles.